The molecule has 0 radical (unpaired) electrons. The zero-order chi connectivity index (χ0) is 37.8. The molecule has 1 N–H and O–H groups in total. The van der Waals surface area contributed by atoms with Crippen molar-refractivity contribution in [1.29, 1.82) is 5.26 Å². The number of hydrogen-bond donors (Lipinski definition) is 1. The van der Waals surface area contributed by atoms with E-state index in [9.17, 15) is 29.2 Å². The minimum atomic E-state index is -0.963. The first-order valence-electron chi connectivity index (χ1n) is 16.7. The van der Waals surface area contributed by atoms with Crippen LogP contribution in [0.25, 0.3) is 6.08 Å². The van der Waals surface area contributed by atoms with Gasteiger partial charge in [-0.05, 0) is 51.9 Å². The smallest absolute Gasteiger partial charge is 0.244 e. The van der Waals surface area contributed by atoms with E-state index in [1.165, 1.54) is 54.6 Å². The van der Waals surface area contributed by atoms with Crippen molar-refractivity contribution in [3.63, 3.8) is 0 Å². The number of piperazine rings is 1. The lowest BCUT2D eigenvalue weighted by molar-refractivity contribution is -0.125. The monoisotopic (exact) mass is 712 g/mol. The second-order valence-electron chi connectivity index (χ2n) is 13.1. The van der Waals surface area contributed by atoms with Crippen molar-refractivity contribution in [3.05, 3.63) is 68.7 Å². The van der Waals surface area contributed by atoms with E-state index < -0.39 is 53.5 Å². The molecule has 1 saturated heterocycles. The van der Waals surface area contributed by atoms with E-state index >= 15 is 0 Å². The van der Waals surface area contributed by atoms with Gasteiger partial charge in [0.05, 0.1) is 53.7 Å². The molecule has 3 aliphatic heterocycles. The maximum absolute atomic E-state index is 14.1. The number of likely N-dealkylation sites (N-methyl/N-ethyl adjacent to an activating group) is 1. The van der Waals surface area contributed by atoms with Crippen molar-refractivity contribution in [2.45, 2.75) is 56.9 Å². The summed E-state index contributed by atoms with van der Waals surface area (Å²) in [4.78, 5) is 72.9. The summed E-state index contributed by atoms with van der Waals surface area (Å²) in [5.41, 5.74) is 1.82. The number of ketones is 4. The van der Waals surface area contributed by atoms with Crippen molar-refractivity contribution in [2.24, 2.45) is 0 Å². The van der Waals surface area contributed by atoms with Crippen LogP contribution in [-0.4, -0.2) is 118 Å². The summed E-state index contributed by atoms with van der Waals surface area (Å²) in [5.74, 6) is -1.19. The minimum absolute atomic E-state index is 0.0147. The lowest BCUT2D eigenvalue weighted by Gasteiger charge is -2.60. The summed E-state index contributed by atoms with van der Waals surface area (Å²) in [6.07, 6.45) is 2.96. The Bertz CT molecular complexity index is 2010. The number of amides is 1. The summed E-state index contributed by atoms with van der Waals surface area (Å²) in [6.45, 7) is 2.90. The lowest BCUT2D eigenvalue weighted by atomic mass is 9.67. The van der Waals surface area contributed by atoms with E-state index in [0.717, 1.165) is 0 Å². The van der Waals surface area contributed by atoms with Crippen LogP contribution in [0.5, 0.6) is 17.2 Å². The van der Waals surface area contributed by atoms with Crippen LogP contribution >= 0.6 is 0 Å². The highest BCUT2D eigenvalue weighted by molar-refractivity contribution is 6.26. The fourth-order valence-corrected chi connectivity index (χ4v) is 8.49. The summed E-state index contributed by atoms with van der Waals surface area (Å²) in [5, 5.41) is 13.6. The van der Waals surface area contributed by atoms with Gasteiger partial charge in [-0.2, -0.15) is 5.26 Å². The first-order chi connectivity index (χ1) is 24.9. The Kier molecular flexibility index (Phi) is 9.69. The Morgan fingerprint density at radius 2 is 1.40 bits per heavy atom. The highest BCUT2D eigenvalue weighted by Gasteiger charge is 2.59. The number of fused-ring (bicyclic) bond motifs is 5. The first kappa shape index (κ1) is 36.3. The van der Waals surface area contributed by atoms with E-state index in [0.29, 0.717) is 28.4 Å². The number of nitrogens with one attached hydrogen (secondary N) is 1. The number of methoxy groups -OCH3 is 5. The van der Waals surface area contributed by atoms with Gasteiger partial charge in [0, 0.05) is 63.7 Å². The van der Waals surface area contributed by atoms with Crippen molar-refractivity contribution >= 4 is 35.1 Å². The number of rotatable bonds is 9. The predicted octanol–water partition coefficient (Wildman–Crippen LogP) is 2.00. The quantitative estimate of drug-likeness (QED) is 0.291. The van der Waals surface area contributed by atoms with Crippen molar-refractivity contribution in [2.75, 3.05) is 49.1 Å². The number of nitriles is 1. The van der Waals surface area contributed by atoms with Crippen LogP contribution in [-0.2, 0) is 33.4 Å². The second kappa shape index (κ2) is 13.9. The highest BCUT2D eigenvalue weighted by Crippen LogP contribution is 2.49. The minimum Gasteiger partial charge on any atom is -0.493 e. The van der Waals surface area contributed by atoms with E-state index in [2.05, 4.69) is 11.4 Å². The molecule has 3 heterocycles. The fraction of sp³-hybridized carbons (Fsp3) is 0.421. The summed E-state index contributed by atoms with van der Waals surface area (Å²) >= 11 is 0. The molecule has 0 spiro atoms. The topological polar surface area (TPSA) is 174 Å². The third-order valence-corrected chi connectivity index (χ3v) is 10.8. The van der Waals surface area contributed by atoms with Gasteiger partial charge in [0.1, 0.15) is 6.04 Å². The highest BCUT2D eigenvalue weighted by atomic mass is 16.5. The van der Waals surface area contributed by atoms with Crippen LogP contribution in [0.1, 0.15) is 32.3 Å². The molecule has 272 valence electrons. The summed E-state index contributed by atoms with van der Waals surface area (Å²) in [6, 6.07) is 1.94. The molecule has 0 aromatic heterocycles. The first-order valence-corrected chi connectivity index (χ1v) is 16.7. The molecule has 14 nitrogen and oxygen atoms in total. The van der Waals surface area contributed by atoms with Crippen LogP contribution in [0.2, 0.25) is 0 Å². The van der Waals surface area contributed by atoms with Gasteiger partial charge in [0.15, 0.2) is 34.6 Å². The van der Waals surface area contributed by atoms with E-state index in [1.54, 1.807) is 26.1 Å². The number of carbonyl (C=O) groups excluding carboxylic acids is 5. The number of nitrogens with zero attached hydrogens (tertiary/aromatic N) is 3. The van der Waals surface area contributed by atoms with Crippen LogP contribution in [0, 0.1) is 11.3 Å². The van der Waals surface area contributed by atoms with Crippen LogP contribution in [0.3, 0.4) is 0 Å². The Morgan fingerprint density at radius 1 is 0.827 bits per heavy atom. The second-order valence-corrected chi connectivity index (χ2v) is 13.1. The molecule has 1 aromatic rings. The molecule has 1 amide bonds. The Labute approximate surface area is 300 Å². The largest absolute Gasteiger partial charge is 0.493 e. The lowest BCUT2D eigenvalue weighted by Crippen LogP contribution is -2.74. The zero-order valence-corrected chi connectivity index (χ0v) is 30.2. The molecule has 1 fully saturated rings. The molecule has 6 rings (SSSR count). The normalized spacial score (nSPS) is 26.2. The average Bonchev–Trinajstić information content (AvgIpc) is 3.14. The Morgan fingerprint density at radius 3 is 1.96 bits per heavy atom. The third kappa shape index (κ3) is 5.34. The molecule has 2 bridgehead atoms. The average molecular weight is 713 g/mol. The van der Waals surface area contributed by atoms with E-state index in [-0.39, 0.29) is 64.6 Å². The van der Waals surface area contributed by atoms with Gasteiger partial charge >= 0.3 is 0 Å². The van der Waals surface area contributed by atoms with Gasteiger partial charge in [-0.1, -0.05) is 0 Å². The fourth-order valence-electron chi connectivity index (χ4n) is 8.49. The number of allylic oxidation sites excluding steroid dienone is 4. The zero-order valence-electron chi connectivity index (χ0n) is 30.2. The Balaban J connectivity index is 1.42. The van der Waals surface area contributed by atoms with Crippen molar-refractivity contribution in [3.8, 4) is 23.3 Å². The maximum atomic E-state index is 14.1. The Hall–Kier alpha value is -5.52. The van der Waals surface area contributed by atoms with E-state index in [1.807, 2.05) is 9.80 Å². The maximum Gasteiger partial charge on any atom is 0.244 e. The number of ether oxygens (including phenoxy) is 5. The van der Waals surface area contributed by atoms with Gasteiger partial charge in [-0.3, -0.25) is 33.8 Å². The van der Waals surface area contributed by atoms with Crippen molar-refractivity contribution < 1.29 is 47.7 Å². The molecular weight excluding hydrogens is 672 g/mol. The van der Waals surface area contributed by atoms with Gasteiger partial charge in [-0.15, -0.1) is 0 Å². The van der Waals surface area contributed by atoms with Gasteiger partial charge in [0.25, 0.3) is 0 Å². The van der Waals surface area contributed by atoms with E-state index in [4.69, 9.17) is 23.7 Å². The molecule has 5 aliphatic rings. The number of hydrogen-bond acceptors (Lipinski definition) is 13. The molecule has 2 aliphatic carbocycles. The molecule has 52 heavy (non-hydrogen) atoms. The molecule has 14 heteroatoms. The van der Waals surface area contributed by atoms with Crippen LogP contribution in [0.4, 0.5) is 0 Å². The molecule has 0 unspecified atom stereocenters. The molecule has 5 atom stereocenters. The summed E-state index contributed by atoms with van der Waals surface area (Å²) in [7, 11) is 8.88. The van der Waals surface area contributed by atoms with Gasteiger partial charge < -0.3 is 29.0 Å². The van der Waals surface area contributed by atoms with Gasteiger partial charge in [0.2, 0.25) is 23.2 Å². The molecular formula is C38H40N4O10. The SMILES string of the molecule is COC1=C(C)C(=O)C2=C(C1=O)[C@@H]1[C@@H]3CC4=C(C(=O)C(OC)=C(C)C4=O)[C@H](CNC(=O)/C=C/c4ccc(OC)c(OC)c4OC)N3[C@@H](C#N)[C@H](C2)N1C. The number of Topliss-reactive ketones (excluding diaryl/α,β-unsaturated/α-hetero) is 4. The summed E-state index contributed by atoms with van der Waals surface area (Å²) < 4.78 is 27.1. The molecule has 1 aromatic carbocycles. The standard InChI is InChI=1S/C38H40N4O10/c1-17-31(44)20-14-23-30-29-21(32(45)18(2)36(50-6)34(29)47)13-22(41(30)3)24(15-39)42(23)25(28(20)33(46)35(17)49-5)16-40-27(43)12-10-19-9-11-26(48-4)38(52-8)37(19)51-7/h9-12,22-25,30H,13-14,16H2,1-8H3,(H,40,43)/b12-10+/t22-,23-,24-,25-,30-/m0/s1. The van der Waals surface area contributed by atoms with Crippen molar-refractivity contribution in [1.82, 2.24) is 15.1 Å². The molecule has 0 saturated carbocycles. The van der Waals surface area contributed by atoms with Crippen LogP contribution in [0.15, 0.2) is 63.2 Å². The van der Waals surface area contributed by atoms with Gasteiger partial charge in [-0.25, -0.2) is 0 Å². The third-order valence-electron chi connectivity index (χ3n) is 10.8. The van der Waals surface area contributed by atoms with Crippen LogP contribution < -0.4 is 19.5 Å². The predicted molar refractivity (Wildman–Crippen MR) is 185 cm³/mol. The number of benzene rings is 1. The number of carbonyl (C=O) groups is 5.